The summed E-state index contributed by atoms with van der Waals surface area (Å²) in [5.41, 5.74) is 2.33. The van der Waals surface area contributed by atoms with Crippen molar-refractivity contribution in [3.63, 3.8) is 0 Å². The maximum atomic E-state index is 13.3. The van der Waals surface area contributed by atoms with Crippen molar-refractivity contribution in [2.45, 2.75) is 6.04 Å². The van der Waals surface area contributed by atoms with Crippen molar-refractivity contribution < 1.29 is 24.6 Å². The van der Waals surface area contributed by atoms with E-state index in [1.165, 1.54) is 24.3 Å². The molecule has 7 heteroatoms. The Kier molecular flexibility index (Phi) is 5.24. The Morgan fingerprint density at radius 2 is 1.32 bits per heavy atom. The number of amides is 1. The Balaban J connectivity index is 1.67. The van der Waals surface area contributed by atoms with E-state index in [4.69, 9.17) is 0 Å². The summed E-state index contributed by atoms with van der Waals surface area (Å²) < 4.78 is 0. The van der Waals surface area contributed by atoms with Crippen LogP contribution in [0.25, 0.3) is 0 Å². The first-order valence-electron chi connectivity index (χ1n) is 9.44. The van der Waals surface area contributed by atoms with E-state index in [1.54, 1.807) is 35.2 Å². The first kappa shape index (κ1) is 19.9. The first-order chi connectivity index (χ1) is 14.9. The molecule has 4 rings (SSSR count). The largest absolute Gasteiger partial charge is 0.545 e. The second kappa shape index (κ2) is 8.16. The maximum Gasteiger partial charge on any atom is 0.275 e. The van der Waals surface area contributed by atoms with Crippen LogP contribution in [0.3, 0.4) is 0 Å². The number of carboxylic acids is 2. The number of nitrogens with zero attached hydrogens (tertiary/aromatic N) is 1. The van der Waals surface area contributed by atoms with Crippen LogP contribution in [0.15, 0.2) is 90.6 Å². The number of carbonyl (C=O) groups is 3. The van der Waals surface area contributed by atoms with E-state index >= 15 is 0 Å². The van der Waals surface area contributed by atoms with Crippen LogP contribution in [0.2, 0.25) is 0 Å². The fourth-order valence-corrected chi connectivity index (χ4v) is 3.43. The van der Waals surface area contributed by atoms with Crippen LogP contribution in [0.4, 0.5) is 11.4 Å². The summed E-state index contributed by atoms with van der Waals surface area (Å²) >= 11 is 0. The minimum Gasteiger partial charge on any atom is -0.545 e. The molecule has 0 unspecified atom stereocenters. The van der Waals surface area contributed by atoms with Gasteiger partial charge in [0.25, 0.3) is 5.91 Å². The molecule has 1 amide bonds. The van der Waals surface area contributed by atoms with Crippen LogP contribution in [0.5, 0.6) is 0 Å². The zero-order valence-electron chi connectivity index (χ0n) is 16.1. The summed E-state index contributed by atoms with van der Waals surface area (Å²) in [5, 5.41) is 25.0. The fourth-order valence-electron chi connectivity index (χ4n) is 3.43. The van der Waals surface area contributed by atoms with Gasteiger partial charge in [0.1, 0.15) is 5.70 Å². The third-order valence-electron chi connectivity index (χ3n) is 4.97. The van der Waals surface area contributed by atoms with Gasteiger partial charge >= 0.3 is 0 Å². The Hall–Kier alpha value is -4.39. The molecular formula is C24H16N2O5-2. The van der Waals surface area contributed by atoms with E-state index < -0.39 is 18.0 Å². The highest BCUT2D eigenvalue weighted by Crippen LogP contribution is 2.36. The second-order valence-corrected chi connectivity index (χ2v) is 6.94. The molecule has 0 aliphatic carbocycles. The topological polar surface area (TPSA) is 113 Å². The number of nitrogens with one attached hydrogen (secondary N) is 1. The molecule has 0 spiro atoms. The molecule has 3 aromatic rings. The normalized spacial score (nSPS) is 15.5. The molecule has 1 aliphatic rings. The number of rotatable bonds is 6. The molecule has 1 atom stereocenters. The molecule has 1 N–H and O–H groups in total. The molecule has 7 nitrogen and oxygen atoms in total. The number of carbonyl (C=O) groups excluding carboxylic acids is 3. The predicted molar refractivity (Wildman–Crippen MR) is 110 cm³/mol. The monoisotopic (exact) mass is 412 g/mol. The number of hydrogen-bond donors (Lipinski definition) is 1. The van der Waals surface area contributed by atoms with Gasteiger partial charge in [0.15, 0.2) is 0 Å². The molecule has 1 aliphatic heterocycles. The molecule has 0 radical (unpaired) electrons. The van der Waals surface area contributed by atoms with Gasteiger partial charge in [0, 0.05) is 11.4 Å². The molecular weight excluding hydrogens is 396 g/mol. The summed E-state index contributed by atoms with van der Waals surface area (Å²) in [6.45, 7) is 0. The van der Waals surface area contributed by atoms with E-state index in [0.29, 0.717) is 17.1 Å². The van der Waals surface area contributed by atoms with Crippen molar-refractivity contribution in [2.24, 2.45) is 0 Å². The van der Waals surface area contributed by atoms with Crippen molar-refractivity contribution in [2.75, 3.05) is 10.2 Å². The van der Waals surface area contributed by atoms with Gasteiger partial charge in [-0.3, -0.25) is 9.69 Å². The lowest BCUT2D eigenvalue weighted by molar-refractivity contribution is -0.256. The molecule has 0 saturated carbocycles. The van der Waals surface area contributed by atoms with Crippen LogP contribution < -0.4 is 20.4 Å². The lowest BCUT2D eigenvalue weighted by atomic mass is 10.1. The molecule has 31 heavy (non-hydrogen) atoms. The van der Waals surface area contributed by atoms with Gasteiger partial charge in [0.05, 0.1) is 18.0 Å². The van der Waals surface area contributed by atoms with Crippen LogP contribution in [-0.2, 0) is 4.79 Å². The molecule has 154 valence electrons. The van der Waals surface area contributed by atoms with Crippen molar-refractivity contribution in [1.29, 1.82) is 0 Å². The molecule has 0 fully saturated rings. The van der Waals surface area contributed by atoms with Crippen molar-refractivity contribution in [1.82, 2.24) is 0 Å². The van der Waals surface area contributed by atoms with E-state index in [0.717, 1.165) is 5.56 Å². The maximum absolute atomic E-state index is 13.3. The lowest BCUT2D eigenvalue weighted by Crippen LogP contribution is -2.31. The van der Waals surface area contributed by atoms with Crippen molar-refractivity contribution in [3.05, 3.63) is 107 Å². The average molecular weight is 412 g/mol. The van der Waals surface area contributed by atoms with Gasteiger partial charge in [-0.15, -0.1) is 0 Å². The predicted octanol–water partition coefficient (Wildman–Crippen LogP) is 1.50. The van der Waals surface area contributed by atoms with Crippen molar-refractivity contribution in [3.8, 4) is 0 Å². The van der Waals surface area contributed by atoms with Gasteiger partial charge in [-0.25, -0.2) is 0 Å². The van der Waals surface area contributed by atoms with Gasteiger partial charge in [-0.05, 0) is 47.0 Å². The fraction of sp³-hybridized carbons (Fsp3) is 0.0417. The number of aromatic carboxylic acids is 2. The molecule has 1 heterocycles. The van der Waals surface area contributed by atoms with E-state index in [-0.39, 0.29) is 17.0 Å². The third kappa shape index (κ3) is 4.02. The van der Waals surface area contributed by atoms with Crippen LogP contribution in [0.1, 0.15) is 32.3 Å². The van der Waals surface area contributed by atoms with E-state index in [1.807, 2.05) is 30.3 Å². The van der Waals surface area contributed by atoms with Gasteiger partial charge in [0.2, 0.25) is 0 Å². The number of carboxylic acid groups (broad SMARTS) is 2. The number of benzene rings is 3. The zero-order valence-corrected chi connectivity index (χ0v) is 16.1. The van der Waals surface area contributed by atoms with Crippen molar-refractivity contribution >= 4 is 29.2 Å². The van der Waals surface area contributed by atoms with Crippen LogP contribution >= 0.6 is 0 Å². The third-order valence-corrected chi connectivity index (χ3v) is 4.97. The Morgan fingerprint density at radius 3 is 1.87 bits per heavy atom. The number of hydrogen-bond acceptors (Lipinski definition) is 6. The minimum absolute atomic E-state index is 0.0194. The zero-order chi connectivity index (χ0) is 22.0. The van der Waals surface area contributed by atoms with Gasteiger partial charge < -0.3 is 25.1 Å². The van der Waals surface area contributed by atoms with E-state index in [2.05, 4.69) is 5.32 Å². The molecule has 0 saturated heterocycles. The summed E-state index contributed by atoms with van der Waals surface area (Å²) in [5.74, 6) is -2.88. The van der Waals surface area contributed by atoms with Crippen LogP contribution in [0, 0.1) is 0 Å². The second-order valence-electron chi connectivity index (χ2n) is 6.94. The lowest BCUT2D eigenvalue weighted by Gasteiger charge is -2.25. The smallest absolute Gasteiger partial charge is 0.275 e. The number of anilines is 2. The summed E-state index contributed by atoms with van der Waals surface area (Å²) in [4.78, 5) is 36.8. The Bertz CT molecular complexity index is 1170. The summed E-state index contributed by atoms with van der Waals surface area (Å²) in [7, 11) is 0. The van der Waals surface area contributed by atoms with Gasteiger partial charge in [-0.1, -0.05) is 54.6 Å². The van der Waals surface area contributed by atoms with E-state index in [9.17, 15) is 24.6 Å². The molecule has 0 bridgehead atoms. The van der Waals surface area contributed by atoms with Crippen LogP contribution in [-0.4, -0.2) is 17.8 Å². The first-order valence-corrected chi connectivity index (χ1v) is 9.44. The standard InChI is InChI=1S/C24H18N2O5/c27-22-20(25-18-10-6-16(7-11-18)23(28)29)14-21(15-4-2-1-3-5-15)26(22)19-12-8-17(9-13-19)24(30)31/h1-14,21,25H,(H,28,29)(H,30,31)/p-2/t21-/m1/s1. The van der Waals surface area contributed by atoms with Gasteiger partial charge in [-0.2, -0.15) is 0 Å². The highest BCUT2D eigenvalue weighted by Gasteiger charge is 2.34. The highest BCUT2D eigenvalue weighted by molar-refractivity contribution is 6.11. The SMILES string of the molecule is O=C([O-])c1ccc(NC2=C[C@H](c3ccccc3)N(c3ccc(C(=O)[O-])cc3)C2=O)cc1. The minimum atomic E-state index is -1.29. The molecule has 0 aromatic heterocycles. The summed E-state index contributed by atoms with van der Waals surface area (Å²) in [6.07, 6.45) is 1.77. The Labute approximate surface area is 177 Å². The molecule has 3 aromatic carbocycles. The average Bonchev–Trinajstić information content (AvgIpc) is 3.10. The Morgan fingerprint density at radius 1 is 0.774 bits per heavy atom. The highest BCUT2D eigenvalue weighted by atomic mass is 16.4. The summed E-state index contributed by atoms with van der Waals surface area (Å²) in [6, 6.07) is 20.8. The quantitative estimate of drug-likeness (QED) is 0.657.